The van der Waals surface area contributed by atoms with Gasteiger partial charge in [0.25, 0.3) is 0 Å². The Morgan fingerprint density at radius 3 is 2.26 bits per heavy atom. The van der Waals surface area contributed by atoms with Crippen molar-refractivity contribution in [2.45, 2.75) is 125 Å². The van der Waals surface area contributed by atoms with E-state index in [1.807, 2.05) is 0 Å². The number of hydrogen-bond acceptors (Lipinski definition) is 4. The number of Topliss-reactive ketones (excluding diaryl/α,β-unsaturated/α-hetero) is 2. The third-order valence-corrected chi connectivity index (χ3v) is 11.8. The van der Waals surface area contributed by atoms with Crippen molar-refractivity contribution >= 4 is 11.6 Å². The first-order valence-electron chi connectivity index (χ1n) is 13.7. The molecule has 7 atom stereocenters. The van der Waals surface area contributed by atoms with Gasteiger partial charge in [-0.25, -0.2) is 0 Å². The summed E-state index contributed by atoms with van der Waals surface area (Å²) in [5.74, 6) is 1.67. The van der Waals surface area contributed by atoms with Gasteiger partial charge >= 0.3 is 0 Å². The van der Waals surface area contributed by atoms with Crippen LogP contribution < -0.4 is 0 Å². The van der Waals surface area contributed by atoms with E-state index in [-0.39, 0.29) is 22.2 Å². The fourth-order valence-electron chi connectivity index (χ4n) is 9.10. The molecule has 0 spiro atoms. The molecule has 0 aliphatic heterocycles. The maximum absolute atomic E-state index is 13.9. The second kappa shape index (κ2) is 8.00. The molecule has 0 saturated heterocycles. The van der Waals surface area contributed by atoms with E-state index >= 15 is 0 Å². The Morgan fingerprint density at radius 2 is 1.65 bits per heavy atom. The van der Waals surface area contributed by atoms with Crippen LogP contribution in [-0.2, 0) is 9.59 Å². The number of rotatable bonds is 5. The molecule has 4 heteroatoms. The van der Waals surface area contributed by atoms with Gasteiger partial charge in [0, 0.05) is 29.2 Å². The Kier molecular flexibility index (Phi) is 6.14. The zero-order valence-electron chi connectivity index (χ0n) is 22.9. The lowest BCUT2D eigenvalue weighted by Gasteiger charge is -2.60. The molecule has 0 aromatic carbocycles. The summed E-state index contributed by atoms with van der Waals surface area (Å²) in [5.41, 5.74) is 0.905. The smallest absolute Gasteiger partial charge is 0.159 e. The summed E-state index contributed by atoms with van der Waals surface area (Å²) in [4.78, 5) is 26.7. The van der Waals surface area contributed by atoms with Gasteiger partial charge in [-0.3, -0.25) is 9.59 Å². The quantitative estimate of drug-likeness (QED) is 0.512. The minimum absolute atomic E-state index is 0.0501. The highest BCUT2D eigenvalue weighted by Crippen LogP contribution is 2.71. The van der Waals surface area contributed by atoms with E-state index in [1.54, 1.807) is 13.8 Å². The highest BCUT2D eigenvalue weighted by atomic mass is 16.3. The van der Waals surface area contributed by atoms with Crippen LogP contribution in [0.15, 0.2) is 11.1 Å². The number of fused-ring (bicyclic) bond motifs is 4. The molecule has 192 valence electrons. The van der Waals surface area contributed by atoms with Crippen LogP contribution in [0.3, 0.4) is 0 Å². The number of aliphatic hydroxyl groups is 2. The molecule has 4 rings (SSSR count). The van der Waals surface area contributed by atoms with E-state index in [9.17, 15) is 19.8 Å². The van der Waals surface area contributed by atoms with Crippen molar-refractivity contribution in [2.24, 2.45) is 39.4 Å². The number of carbonyl (C=O) groups excluding carboxylic acids is 2. The topological polar surface area (TPSA) is 74.6 Å². The summed E-state index contributed by atoms with van der Waals surface area (Å²) >= 11 is 0. The van der Waals surface area contributed by atoms with Crippen molar-refractivity contribution in [3.8, 4) is 0 Å². The maximum Gasteiger partial charge on any atom is 0.159 e. The summed E-state index contributed by atoms with van der Waals surface area (Å²) < 4.78 is 0. The van der Waals surface area contributed by atoms with Crippen molar-refractivity contribution in [2.75, 3.05) is 0 Å². The highest BCUT2D eigenvalue weighted by Gasteiger charge is 2.65. The summed E-state index contributed by atoms with van der Waals surface area (Å²) in [6, 6.07) is 0. The second-order valence-electron chi connectivity index (χ2n) is 14.2. The van der Waals surface area contributed by atoms with Crippen molar-refractivity contribution in [1.82, 2.24) is 0 Å². The molecule has 2 N–H and O–H groups in total. The number of allylic oxidation sites excluding steroid dienone is 2. The molecular formula is C30H48O4. The van der Waals surface area contributed by atoms with Crippen LogP contribution in [0, 0.1) is 39.4 Å². The average Bonchev–Trinajstić information content (AvgIpc) is 3.01. The van der Waals surface area contributed by atoms with Crippen LogP contribution in [-0.4, -0.2) is 33.5 Å². The first-order valence-corrected chi connectivity index (χ1v) is 13.7. The molecule has 0 radical (unpaired) electrons. The summed E-state index contributed by atoms with van der Waals surface area (Å²) in [7, 11) is 0. The van der Waals surface area contributed by atoms with Gasteiger partial charge in [0.1, 0.15) is 5.78 Å². The van der Waals surface area contributed by atoms with E-state index in [2.05, 4.69) is 41.5 Å². The molecule has 4 aliphatic carbocycles. The Bertz CT molecular complexity index is 907. The Hall–Kier alpha value is -1.00. The molecule has 2 saturated carbocycles. The average molecular weight is 473 g/mol. The molecule has 34 heavy (non-hydrogen) atoms. The largest absolute Gasteiger partial charge is 0.390 e. The van der Waals surface area contributed by atoms with Gasteiger partial charge in [-0.15, -0.1) is 0 Å². The zero-order valence-corrected chi connectivity index (χ0v) is 22.9. The van der Waals surface area contributed by atoms with Crippen LogP contribution in [0.25, 0.3) is 0 Å². The van der Waals surface area contributed by atoms with Crippen molar-refractivity contribution in [3.63, 3.8) is 0 Å². The number of ketones is 2. The fraction of sp³-hybridized carbons (Fsp3) is 0.867. The molecule has 0 heterocycles. The molecule has 0 aromatic heterocycles. The molecule has 4 nitrogen and oxygen atoms in total. The van der Waals surface area contributed by atoms with Crippen LogP contribution in [0.5, 0.6) is 0 Å². The normalized spacial score (nSPS) is 41.6. The molecule has 1 unspecified atom stereocenters. The van der Waals surface area contributed by atoms with Gasteiger partial charge in [-0.1, -0.05) is 47.1 Å². The van der Waals surface area contributed by atoms with Crippen molar-refractivity contribution < 1.29 is 19.8 Å². The van der Waals surface area contributed by atoms with Gasteiger partial charge in [0.05, 0.1) is 11.7 Å². The predicted octanol–water partition coefficient (Wildman–Crippen LogP) is 6.03. The summed E-state index contributed by atoms with van der Waals surface area (Å²) in [6.45, 7) is 16.9. The lowest BCUT2D eigenvalue weighted by Crippen LogP contribution is -2.56. The van der Waals surface area contributed by atoms with Gasteiger partial charge in [0.2, 0.25) is 0 Å². The van der Waals surface area contributed by atoms with Crippen LogP contribution in [0.1, 0.15) is 113 Å². The van der Waals surface area contributed by atoms with E-state index in [1.165, 1.54) is 5.57 Å². The second-order valence-corrected chi connectivity index (χ2v) is 14.2. The molecule has 2 fully saturated rings. The first kappa shape index (κ1) is 26.1. The van der Waals surface area contributed by atoms with Gasteiger partial charge in [-0.05, 0) is 87.4 Å². The number of carbonyl (C=O) groups is 2. The van der Waals surface area contributed by atoms with E-state index < -0.39 is 17.1 Å². The van der Waals surface area contributed by atoms with Gasteiger partial charge in [-0.2, -0.15) is 0 Å². The first-order chi connectivity index (χ1) is 15.5. The highest BCUT2D eigenvalue weighted by molar-refractivity contribution is 6.00. The Morgan fingerprint density at radius 1 is 1.00 bits per heavy atom. The number of hydrogen-bond donors (Lipinski definition) is 2. The molecule has 4 aliphatic rings. The van der Waals surface area contributed by atoms with Gasteiger partial charge < -0.3 is 10.2 Å². The lowest BCUT2D eigenvalue weighted by atomic mass is 9.43. The van der Waals surface area contributed by atoms with E-state index in [0.717, 1.165) is 44.1 Å². The van der Waals surface area contributed by atoms with Crippen LogP contribution in [0.4, 0.5) is 0 Å². The predicted molar refractivity (Wildman–Crippen MR) is 135 cm³/mol. The van der Waals surface area contributed by atoms with Crippen LogP contribution >= 0.6 is 0 Å². The monoisotopic (exact) mass is 472 g/mol. The van der Waals surface area contributed by atoms with E-state index in [4.69, 9.17) is 0 Å². The molecule has 0 amide bonds. The van der Waals surface area contributed by atoms with Crippen molar-refractivity contribution in [1.29, 1.82) is 0 Å². The summed E-state index contributed by atoms with van der Waals surface area (Å²) in [5, 5.41) is 20.5. The fourth-order valence-corrected chi connectivity index (χ4v) is 9.10. The van der Waals surface area contributed by atoms with Gasteiger partial charge in [0.15, 0.2) is 5.78 Å². The minimum atomic E-state index is -1.08. The SMILES string of the molecule is C[C@H](CC[C@H](O)C(C)(C)O)[C@H]1CC[C@@]2(C)C3=C(CC[C@]12C)[C@@]1(C)CCC(=O)C(C)(C)C1CC3=O. The maximum atomic E-state index is 13.9. The zero-order chi connectivity index (χ0) is 25.5. The number of aliphatic hydroxyl groups excluding tert-OH is 1. The minimum Gasteiger partial charge on any atom is -0.390 e. The third-order valence-electron chi connectivity index (χ3n) is 11.8. The van der Waals surface area contributed by atoms with Crippen LogP contribution in [0.2, 0.25) is 0 Å². The Balaban J connectivity index is 1.66. The standard InChI is InChI=1S/C30H48O4/c1-18(9-10-24(33)27(4,5)34)19-11-16-30(8)25-20(12-15-29(19,30)7)28(6)14-13-23(32)26(2,3)22(28)17-21(25)31/h18-19,22,24,33-34H,9-17H2,1-8H3/t18-,19-,22?,24+,28-,29-,30+/m1/s1. The van der Waals surface area contributed by atoms with E-state index in [0.29, 0.717) is 42.7 Å². The third kappa shape index (κ3) is 3.52. The Labute approximate surface area is 207 Å². The molecule has 0 aromatic rings. The van der Waals surface area contributed by atoms with Crippen molar-refractivity contribution in [3.05, 3.63) is 11.1 Å². The summed E-state index contributed by atoms with van der Waals surface area (Å²) in [6.07, 6.45) is 7.01. The lowest BCUT2D eigenvalue weighted by molar-refractivity contribution is -0.142. The molecular weight excluding hydrogens is 424 g/mol. The molecule has 0 bridgehead atoms.